The fourth-order valence-electron chi connectivity index (χ4n) is 2.32. The molecule has 0 amide bonds. The third-order valence-corrected chi connectivity index (χ3v) is 5.68. The Hall–Kier alpha value is -3.02. The lowest BCUT2D eigenvalue weighted by Crippen LogP contribution is -2.36. The zero-order chi connectivity index (χ0) is 17.9. The fraction of sp³-hybridized carbons (Fsp3) is 0.158. The topological polar surface area (TPSA) is 46.4 Å². The summed E-state index contributed by atoms with van der Waals surface area (Å²) in [6.45, 7) is 7.19. The largest absolute Gasteiger partial charge is 0.269 e. The summed E-state index contributed by atoms with van der Waals surface area (Å²) in [5, 5.41) is 12.0. The van der Waals surface area contributed by atoms with Gasteiger partial charge in [-0.15, -0.1) is 0 Å². The van der Waals surface area contributed by atoms with Crippen molar-refractivity contribution in [3.63, 3.8) is 0 Å². The summed E-state index contributed by atoms with van der Waals surface area (Å²) in [7, 11) is -1.00. The minimum atomic E-state index is -1.00. The second-order valence-electron chi connectivity index (χ2n) is 6.38. The van der Waals surface area contributed by atoms with Gasteiger partial charge >= 0.3 is 0 Å². The molecule has 0 aliphatic heterocycles. The predicted octanol–water partition coefficient (Wildman–Crippen LogP) is 3.79. The van der Waals surface area contributed by atoms with Gasteiger partial charge in [0.25, 0.3) is 5.69 Å². The van der Waals surface area contributed by atoms with Gasteiger partial charge in [-0.25, -0.2) is 4.90 Å². The predicted molar refractivity (Wildman–Crippen MR) is 102 cm³/mol. The molecule has 120 valence electrons. The normalized spacial score (nSPS) is 10.5. The van der Waals surface area contributed by atoms with Gasteiger partial charge < -0.3 is 0 Å². The maximum Gasteiger partial charge on any atom is 0.269 e. The van der Waals surface area contributed by atoms with Crippen molar-refractivity contribution in [3.8, 4) is 36.1 Å². The Morgan fingerprint density at radius 2 is 1.62 bits per heavy atom. The van der Waals surface area contributed by atoms with Crippen LogP contribution in [0.2, 0.25) is 19.6 Å². The molecule has 0 atom stereocenters. The van der Waals surface area contributed by atoms with E-state index in [1.807, 2.05) is 0 Å². The Labute approximate surface area is 143 Å². The molecule has 2 aliphatic carbocycles. The summed E-state index contributed by atoms with van der Waals surface area (Å²) in [5.41, 5.74) is 3.60. The number of hydrogen-bond acceptors (Lipinski definition) is 3. The average Bonchev–Trinajstić information content (AvgIpc) is 3.17. The zero-order valence-electron chi connectivity index (χ0n) is 13.9. The van der Waals surface area contributed by atoms with E-state index in [2.05, 4.69) is 49.9 Å². The number of nitro groups is 1. The maximum absolute atomic E-state index is 10.3. The smallest absolute Gasteiger partial charge is 0.258 e. The highest BCUT2D eigenvalue weighted by Gasteiger charge is 2.26. The van der Waals surface area contributed by atoms with Crippen molar-refractivity contribution in [1.82, 2.24) is 0 Å². The third-order valence-electron chi connectivity index (χ3n) is 3.63. The van der Waals surface area contributed by atoms with E-state index in [4.69, 9.17) is 12.8 Å². The molecule has 0 aromatic heterocycles. The van der Waals surface area contributed by atoms with Gasteiger partial charge in [-0.3, -0.25) is 10.1 Å². The summed E-state index contributed by atoms with van der Waals surface area (Å²) in [5.74, 6) is 0. The molecule has 0 fully saturated rings. The van der Waals surface area contributed by atoms with Crippen LogP contribution in [-0.2, 0) is 0 Å². The van der Waals surface area contributed by atoms with Gasteiger partial charge in [-0.1, -0.05) is 49.8 Å². The van der Waals surface area contributed by atoms with E-state index < -0.39 is 13.0 Å². The molecule has 0 spiro atoms. The van der Waals surface area contributed by atoms with Gasteiger partial charge in [0.2, 0.25) is 0 Å². The van der Waals surface area contributed by atoms with Crippen LogP contribution in [-0.4, -0.2) is 13.0 Å². The molecular formula is C19H18N2O2Si. The number of fused-ring (bicyclic) bond motifs is 1. The van der Waals surface area contributed by atoms with Gasteiger partial charge in [0.05, 0.1) is 18.7 Å². The molecular weight excluding hydrogens is 316 g/mol. The lowest BCUT2D eigenvalue weighted by molar-refractivity contribution is -0.384. The van der Waals surface area contributed by atoms with E-state index in [-0.39, 0.29) is 5.69 Å². The quantitative estimate of drug-likeness (QED) is 0.241. The highest BCUT2D eigenvalue weighted by molar-refractivity contribution is 6.90. The molecule has 0 saturated carbocycles. The van der Waals surface area contributed by atoms with E-state index in [9.17, 15) is 10.1 Å². The second-order valence-corrected chi connectivity index (χ2v) is 11.4. The number of benzene rings is 2. The van der Waals surface area contributed by atoms with Crippen LogP contribution in [0.25, 0.3) is 11.1 Å². The first-order valence-corrected chi connectivity index (χ1v) is 10.9. The van der Waals surface area contributed by atoms with Crippen LogP contribution in [0.3, 0.4) is 0 Å². The van der Waals surface area contributed by atoms with Crippen LogP contribution < -0.4 is 10.1 Å². The molecule has 0 unspecified atom stereocenters. The first kappa shape index (κ1) is 17.3. The molecule has 0 bridgehead atoms. The number of terminal acetylenes is 2. The highest BCUT2D eigenvalue weighted by Crippen LogP contribution is 2.33. The van der Waals surface area contributed by atoms with Crippen LogP contribution in [0, 0.1) is 35.0 Å². The van der Waals surface area contributed by atoms with Crippen molar-refractivity contribution in [1.29, 1.82) is 0 Å². The summed E-state index contributed by atoms with van der Waals surface area (Å²) in [4.78, 5) is 11.0. The fourth-order valence-corrected chi connectivity index (χ4v) is 3.93. The number of non-ortho nitro benzene ring substituents is 1. The lowest BCUT2D eigenvalue weighted by Gasteiger charge is -2.13. The summed E-state index contributed by atoms with van der Waals surface area (Å²) in [6.07, 6.45) is 10.2. The van der Waals surface area contributed by atoms with Crippen molar-refractivity contribution >= 4 is 24.6 Å². The van der Waals surface area contributed by atoms with Crippen LogP contribution >= 0.6 is 0 Å². The number of hydrogen-bond donors (Lipinski definition) is 0. The Morgan fingerprint density at radius 3 is 1.92 bits per heavy atom. The Bertz CT molecular complexity index is 839. The van der Waals surface area contributed by atoms with Gasteiger partial charge in [0.15, 0.2) is 0 Å². The molecule has 4 nitrogen and oxygen atoms in total. The third kappa shape index (κ3) is 3.84. The van der Waals surface area contributed by atoms with Gasteiger partial charge in [0, 0.05) is 24.2 Å². The van der Waals surface area contributed by atoms with Crippen molar-refractivity contribution in [2.24, 2.45) is 0 Å². The number of nitrogens with zero attached hydrogens (tertiary/aromatic N) is 2. The zero-order valence-corrected chi connectivity index (χ0v) is 14.9. The van der Waals surface area contributed by atoms with Crippen molar-refractivity contribution in [2.75, 3.05) is 4.90 Å². The molecule has 1 aromatic carbocycles. The van der Waals surface area contributed by atoms with Crippen LogP contribution in [0.4, 0.5) is 11.4 Å². The molecule has 3 rings (SSSR count). The van der Waals surface area contributed by atoms with E-state index in [1.54, 1.807) is 10.8 Å². The SMILES string of the molecule is C#CN(C#C)c1ccc([N+](=O)[O-])cc1.C[Si](C)(C)c1ccc2cc1-2. The Kier molecular flexibility index (Phi) is 4.78. The molecule has 1 aromatic rings. The van der Waals surface area contributed by atoms with Gasteiger partial charge in [-0.05, 0) is 29.3 Å². The molecule has 0 N–H and O–H groups in total. The van der Waals surface area contributed by atoms with Crippen LogP contribution in [0.15, 0.2) is 42.5 Å². The molecule has 0 radical (unpaired) electrons. The minimum absolute atomic E-state index is 0.00254. The second kappa shape index (κ2) is 6.62. The van der Waals surface area contributed by atoms with Crippen LogP contribution in [0.1, 0.15) is 0 Å². The summed E-state index contributed by atoms with van der Waals surface area (Å²) < 4.78 is 0. The number of rotatable bonds is 3. The maximum atomic E-state index is 10.3. The summed E-state index contributed by atoms with van der Waals surface area (Å²) in [6, 6.07) is 17.0. The van der Waals surface area contributed by atoms with E-state index >= 15 is 0 Å². The molecule has 0 saturated heterocycles. The molecule has 0 heterocycles. The lowest BCUT2D eigenvalue weighted by atomic mass is 10.3. The first-order chi connectivity index (χ1) is 11.3. The Balaban J connectivity index is 0.000000182. The monoisotopic (exact) mass is 334 g/mol. The van der Waals surface area contributed by atoms with E-state index in [0.29, 0.717) is 5.69 Å². The van der Waals surface area contributed by atoms with Gasteiger partial charge in [-0.2, -0.15) is 0 Å². The van der Waals surface area contributed by atoms with Crippen molar-refractivity contribution in [3.05, 3.63) is 52.6 Å². The average molecular weight is 334 g/mol. The number of nitro benzene ring substituents is 1. The van der Waals surface area contributed by atoms with Crippen LogP contribution in [0.5, 0.6) is 0 Å². The standard InChI is InChI=1S/C10H6N2O2.C9H12Si/c1-3-11(4-2)9-5-7-10(8-6-9)12(13)14;1-10(2,3)9-5-4-7-6-8(7)9/h1-2,5-8H;4-6H,1-3H3. The molecule has 2 aliphatic rings. The van der Waals surface area contributed by atoms with Gasteiger partial charge in [0.1, 0.15) is 0 Å². The molecule has 5 heteroatoms. The molecule has 24 heavy (non-hydrogen) atoms. The first-order valence-electron chi connectivity index (χ1n) is 7.40. The van der Waals surface area contributed by atoms with Crippen molar-refractivity contribution in [2.45, 2.75) is 19.6 Å². The number of anilines is 1. The van der Waals surface area contributed by atoms with Crippen molar-refractivity contribution < 1.29 is 4.92 Å². The Morgan fingerprint density at radius 1 is 1.04 bits per heavy atom. The highest BCUT2D eigenvalue weighted by atomic mass is 28.3. The van der Waals surface area contributed by atoms with E-state index in [1.165, 1.54) is 34.7 Å². The summed E-state index contributed by atoms with van der Waals surface area (Å²) >= 11 is 0. The van der Waals surface area contributed by atoms with E-state index in [0.717, 1.165) is 0 Å². The minimum Gasteiger partial charge on any atom is -0.258 e.